The summed E-state index contributed by atoms with van der Waals surface area (Å²) < 4.78 is 0. The molecule has 1 nitrogen and oxygen atoms in total. The summed E-state index contributed by atoms with van der Waals surface area (Å²) in [6.07, 6.45) is 0. The third kappa shape index (κ3) is 2.25. The fraction of sp³-hybridized carbons (Fsp3) is 0.286. The molecule has 0 unspecified atom stereocenters. The summed E-state index contributed by atoms with van der Waals surface area (Å²) >= 11 is 6.90. The molecule has 1 rings (SSSR count). The van der Waals surface area contributed by atoms with E-state index < -0.39 is 0 Å². The van der Waals surface area contributed by atoms with E-state index in [0.717, 1.165) is 15.5 Å². The van der Waals surface area contributed by atoms with Crippen molar-refractivity contribution in [1.82, 2.24) is 0 Å². The Balaban J connectivity index is 2.87. The molecule has 0 aliphatic heterocycles. The fourth-order valence-electron chi connectivity index (χ4n) is 0.723. The highest BCUT2D eigenvalue weighted by atomic mass is 32.2. The third-order valence-electron chi connectivity index (χ3n) is 1.12. The van der Waals surface area contributed by atoms with Gasteiger partial charge < -0.3 is 0 Å². The van der Waals surface area contributed by atoms with Crippen LogP contribution >= 0.6 is 35.7 Å². The molecule has 0 fully saturated rings. The van der Waals surface area contributed by atoms with E-state index in [-0.39, 0.29) is 5.12 Å². The van der Waals surface area contributed by atoms with E-state index in [4.69, 9.17) is 0 Å². The second-order valence-corrected chi connectivity index (χ2v) is 4.48. The Morgan fingerprint density at radius 2 is 2.55 bits per heavy atom. The van der Waals surface area contributed by atoms with Crippen molar-refractivity contribution in [3.8, 4) is 0 Å². The maximum Gasteiger partial charge on any atom is 0.227 e. The Bertz CT molecular complexity index is 254. The van der Waals surface area contributed by atoms with Gasteiger partial charge in [-0.3, -0.25) is 4.79 Å². The van der Waals surface area contributed by atoms with E-state index in [1.165, 1.54) is 11.3 Å². The van der Waals surface area contributed by atoms with Crippen molar-refractivity contribution in [2.24, 2.45) is 0 Å². The zero-order valence-electron chi connectivity index (χ0n) is 6.03. The number of thiophene rings is 1. The van der Waals surface area contributed by atoms with E-state index in [1.807, 2.05) is 11.4 Å². The maximum atomic E-state index is 10.9. The lowest BCUT2D eigenvalue weighted by Gasteiger charge is -1.94. The Labute approximate surface area is 79.6 Å². The number of thiol groups is 1. The summed E-state index contributed by atoms with van der Waals surface area (Å²) in [5.41, 5.74) is 0. The molecule has 11 heavy (non-hydrogen) atoms. The molecule has 0 aliphatic rings. The monoisotopic (exact) mass is 204 g/mol. The van der Waals surface area contributed by atoms with Crippen LogP contribution in [0, 0.1) is 0 Å². The van der Waals surface area contributed by atoms with Gasteiger partial charge in [-0.25, -0.2) is 0 Å². The van der Waals surface area contributed by atoms with Crippen LogP contribution < -0.4 is 0 Å². The number of rotatable bonds is 3. The maximum absolute atomic E-state index is 10.9. The zero-order chi connectivity index (χ0) is 8.27. The van der Waals surface area contributed by atoms with Crippen LogP contribution in [0.15, 0.2) is 16.3 Å². The molecule has 0 saturated heterocycles. The summed E-state index contributed by atoms with van der Waals surface area (Å²) in [7, 11) is 0. The second kappa shape index (κ2) is 4.18. The average Bonchev–Trinajstić information content (AvgIpc) is 2.36. The minimum atomic E-state index is -0.129. The first-order chi connectivity index (χ1) is 5.25. The SMILES string of the molecule is CCSc1ccsc1C(=O)S. The quantitative estimate of drug-likeness (QED) is 0.602. The van der Waals surface area contributed by atoms with Gasteiger partial charge in [0.2, 0.25) is 5.12 Å². The number of hydrogen-bond donors (Lipinski definition) is 1. The number of hydrogen-bond acceptors (Lipinski definition) is 3. The summed E-state index contributed by atoms with van der Waals surface area (Å²) in [6.45, 7) is 2.06. The van der Waals surface area contributed by atoms with Crippen molar-refractivity contribution in [2.45, 2.75) is 11.8 Å². The zero-order valence-corrected chi connectivity index (χ0v) is 8.56. The van der Waals surface area contributed by atoms with Gasteiger partial charge in [0.05, 0.1) is 4.88 Å². The molecule has 1 aromatic heterocycles. The van der Waals surface area contributed by atoms with Crippen LogP contribution in [-0.4, -0.2) is 10.9 Å². The van der Waals surface area contributed by atoms with Crippen LogP contribution in [0.5, 0.6) is 0 Å². The van der Waals surface area contributed by atoms with Crippen LogP contribution in [0.2, 0.25) is 0 Å². The van der Waals surface area contributed by atoms with Crippen molar-refractivity contribution in [3.05, 3.63) is 16.3 Å². The molecule has 0 spiro atoms. The Kier molecular flexibility index (Phi) is 3.48. The number of carbonyl (C=O) groups is 1. The van der Waals surface area contributed by atoms with Gasteiger partial charge >= 0.3 is 0 Å². The van der Waals surface area contributed by atoms with E-state index >= 15 is 0 Å². The van der Waals surface area contributed by atoms with Gasteiger partial charge in [-0.2, -0.15) is 0 Å². The molecule has 0 atom stereocenters. The predicted molar refractivity (Wildman–Crippen MR) is 54.0 cm³/mol. The minimum absolute atomic E-state index is 0.129. The second-order valence-electron chi connectivity index (χ2n) is 1.85. The molecule has 0 saturated carbocycles. The molecule has 1 aromatic rings. The van der Waals surface area contributed by atoms with Gasteiger partial charge in [0, 0.05) is 4.90 Å². The van der Waals surface area contributed by atoms with E-state index in [2.05, 4.69) is 19.6 Å². The first-order valence-corrected chi connectivity index (χ1v) is 5.50. The lowest BCUT2D eigenvalue weighted by Crippen LogP contribution is -1.84. The lowest BCUT2D eigenvalue weighted by atomic mass is 10.5. The van der Waals surface area contributed by atoms with E-state index in [1.54, 1.807) is 11.8 Å². The molecule has 0 aliphatic carbocycles. The highest BCUT2D eigenvalue weighted by Crippen LogP contribution is 2.28. The summed E-state index contributed by atoms with van der Waals surface area (Å²) in [4.78, 5) is 12.7. The van der Waals surface area contributed by atoms with E-state index in [9.17, 15) is 4.79 Å². The fourth-order valence-corrected chi connectivity index (χ4v) is 2.81. The van der Waals surface area contributed by atoms with Gasteiger partial charge in [-0.1, -0.05) is 19.6 Å². The summed E-state index contributed by atoms with van der Waals surface area (Å²) in [5.74, 6) is 0.991. The molecule has 1 heterocycles. The highest BCUT2D eigenvalue weighted by Gasteiger charge is 2.08. The Morgan fingerprint density at radius 1 is 1.82 bits per heavy atom. The van der Waals surface area contributed by atoms with Gasteiger partial charge in [-0.05, 0) is 17.2 Å². The standard InChI is InChI=1S/C7H8OS3/c1-2-10-5-3-4-11-6(5)7(8)9/h3-4H,2H2,1H3,(H,8,9). The van der Waals surface area contributed by atoms with Crippen LogP contribution in [0.25, 0.3) is 0 Å². The first kappa shape index (κ1) is 9.16. The number of carbonyl (C=O) groups excluding carboxylic acids is 1. The molecule has 0 aromatic carbocycles. The van der Waals surface area contributed by atoms with Crippen LogP contribution in [0.3, 0.4) is 0 Å². The third-order valence-corrected chi connectivity index (χ3v) is 3.48. The largest absolute Gasteiger partial charge is 0.281 e. The van der Waals surface area contributed by atoms with Crippen molar-refractivity contribution in [2.75, 3.05) is 5.75 Å². The summed E-state index contributed by atoms with van der Waals surface area (Å²) in [6, 6.07) is 1.96. The van der Waals surface area contributed by atoms with Crippen molar-refractivity contribution < 1.29 is 4.79 Å². The molecule has 0 amide bonds. The van der Waals surface area contributed by atoms with Crippen LogP contribution in [0.1, 0.15) is 16.6 Å². The first-order valence-electron chi connectivity index (χ1n) is 3.19. The minimum Gasteiger partial charge on any atom is -0.281 e. The van der Waals surface area contributed by atoms with Crippen LogP contribution in [-0.2, 0) is 0 Å². The topological polar surface area (TPSA) is 17.1 Å². The van der Waals surface area contributed by atoms with Gasteiger partial charge in [0.1, 0.15) is 0 Å². The van der Waals surface area contributed by atoms with Gasteiger partial charge in [-0.15, -0.1) is 23.1 Å². The molecule has 0 bridgehead atoms. The Morgan fingerprint density at radius 3 is 3.09 bits per heavy atom. The molecule has 60 valence electrons. The normalized spacial score (nSPS) is 10.0. The van der Waals surface area contributed by atoms with Crippen molar-refractivity contribution in [3.63, 3.8) is 0 Å². The van der Waals surface area contributed by atoms with Crippen molar-refractivity contribution >= 4 is 40.8 Å². The summed E-state index contributed by atoms with van der Waals surface area (Å²) in [5, 5.41) is 1.79. The van der Waals surface area contributed by atoms with Crippen molar-refractivity contribution in [1.29, 1.82) is 0 Å². The Hall–Kier alpha value is 0.0700. The average molecular weight is 204 g/mol. The van der Waals surface area contributed by atoms with Crippen LogP contribution in [0.4, 0.5) is 0 Å². The molecular formula is C7H8OS3. The lowest BCUT2D eigenvalue weighted by molar-refractivity contribution is 0.109. The predicted octanol–water partition coefficient (Wildman–Crippen LogP) is 2.93. The number of thioether (sulfide) groups is 1. The molecule has 0 radical (unpaired) electrons. The van der Waals surface area contributed by atoms with E-state index in [0.29, 0.717) is 0 Å². The van der Waals surface area contributed by atoms with Gasteiger partial charge in [0.25, 0.3) is 0 Å². The smallest absolute Gasteiger partial charge is 0.227 e. The molecule has 4 heteroatoms. The molecule has 0 N–H and O–H groups in total. The van der Waals surface area contributed by atoms with Gasteiger partial charge in [0.15, 0.2) is 0 Å². The highest BCUT2D eigenvalue weighted by molar-refractivity contribution is 8.00. The molecular weight excluding hydrogens is 196 g/mol.